The summed E-state index contributed by atoms with van der Waals surface area (Å²) in [7, 11) is 2.96. The van der Waals surface area contributed by atoms with Crippen LogP contribution < -0.4 is 20.3 Å². The van der Waals surface area contributed by atoms with E-state index < -0.39 is 12.0 Å². The average molecular weight is 374 g/mol. The molecule has 1 fully saturated rings. The van der Waals surface area contributed by atoms with Crippen molar-refractivity contribution in [3.63, 3.8) is 0 Å². The number of piperidine rings is 1. The minimum absolute atomic E-state index is 0.303. The molecule has 7 nitrogen and oxygen atoms in total. The van der Waals surface area contributed by atoms with Crippen LogP contribution in [0.1, 0.15) is 31.4 Å². The topological polar surface area (TPSA) is 81.1 Å². The molecule has 1 aromatic rings. The van der Waals surface area contributed by atoms with Crippen molar-refractivity contribution in [2.24, 2.45) is 5.92 Å². The molecule has 7 heteroatoms. The number of ether oxygens (including phenoxy) is 2. The van der Waals surface area contributed by atoms with Crippen molar-refractivity contribution in [1.29, 1.82) is 0 Å². The van der Waals surface area contributed by atoms with Crippen molar-refractivity contribution in [2.75, 3.05) is 33.9 Å². The molecule has 0 radical (unpaired) electrons. The molecule has 2 amide bonds. The van der Waals surface area contributed by atoms with Crippen LogP contribution in [0.2, 0.25) is 0 Å². The van der Waals surface area contributed by atoms with Crippen LogP contribution in [-0.2, 0) is 9.53 Å². The lowest BCUT2D eigenvalue weighted by molar-refractivity contribution is -0.904. The summed E-state index contributed by atoms with van der Waals surface area (Å²) >= 11 is 0. The summed E-state index contributed by atoms with van der Waals surface area (Å²) in [4.78, 5) is 26.3. The number of amides is 2. The van der Waals surface area contributed by atoms with Crippen molar-refractivity contribution in [1.82, 2.24) is 10.6 Å². The largest absolute Gasteiger partial charge is 0.497 e. The Labute approximate surface area is 159 Å². The monoisotopic (exact) mass is 374 g/mol. The quantitative estimate of drug-likeness (QED) is 0.666. The molecule has 3 rings (SSSR count). The minimum Gasteiger partial charge on any atom is -0.497 e. The maximum Gasteiger partial charge on any atom is 0.338 e. The van der Waals surface area contributed by atoms with Crippen molar-refractivity contribution in [3.8, 4) is 5.75 Å². The lowest BCUT2D eigenvalue weighted by Gasteiger charge is -2.33. The Balaban J connectivity index is 1.94. The van der Waals surface area contributed by atoms with Crippen LogP contribution in [0, 0.1) is 5.92 Å². The lowest BCUT2D eigenvalue weighted by atomic mass is 9.94. The molecule has 1 unspecified atom stereocenters. The molecule has 3 N–H and O–H groups in total. The van der Waals surface area contributed by atoms with Gasteiger partial charge >= 0.3 is 12.0 Å². The Morgan fingerprint density at radius 3 is 2.63 bits per heavy atom. The van der Waals surface area contributed by atoms with E-state index in [1.807, 2.05) is 24.3 Å². The van der Waals surface area contributed by atoms with Gasteiger partial charge in [0.25, 0.3) is 0 Å². The number of benzene rings is 1. The number of esters is 1. The molecule has 1 aromatic carbocycles. The summed E-state index contributed by atoms with van der Waals surface area (Å²) in [5, 5.41) is 5.70. The summed E-state index contributed by atoms with van der Waals surface area (Å²) in [6.45, 7) is 4.93. The van der Waals surface area contributed by atoms with Crippen molar-refractivity contribution in [2.45, 2.75) is 25.8 Å². The van der Waals surface area contributed by atoms with Gasteiger partial charge in [-0.25, -0.2) is 9.59 Å². The van der Waals surface area contributed by atoms with Crippen LogP contribution in [0.25, 0.3) is 0 Å². The first-order valence-electron chi connectivity index (χ1n) is 9.38. The van der Waals surface area contributed by atoms with Gasteiger partial charge in [0.1, 0.15) is 12.3 Å². The highest BCUT2D eigenvalue weighted by Crippen LogP contribution is 2.28. The van der Waals surface area contributed by atoms with E-state index in [0.717, 1.165) is 30.8 Å². The Morgan fingerprint density at radius 2 is 2.00 bits per heavy atom. The van der Waals surface area contributed by atoms with Gasteiger partial charge in [-0.3, -0.25) is 0 Å². The maximum absolute atomic E-state index is 12.6. The number of carbonyl (C=O) groups excluding carboxylic acids is 2. The number of rotatable bonds is 5. The lowest BCUT2D eigenvalue weighted by Crippen LogP contribution is -3.14. The summed E-state index contributed by atoms with van der Waals surface area (Å²) < 4.78 is 10.2. The SMILES string of the molecule is COC(=O)C1=C(C[NH+]2CCC[C@H](C)C2)NC(=O)N[C@H]1c1ccc(OC)cc1. The van der Waals surface area contributed by atoms with Gasteiger partial charge in [0.2, 0.25) is 0 Å². The fourth-order valence-electron chi connectivity index (χ4n) is 3.96. The van der Waals surface area contributed by atoms with Gasteiger partial charge in [-0.05, 0) is 30.5 Å². The first kappa shape index (κ1) is 19.2. The third-order valence-corrected chi connectivity index (χ3v) is 5.30. The molecule has 27 heavy (non-hydrogen) atoms. The number of quaternary nitrogens is 1. The molecule has 2 aliphatic heterocycles. The fourth-order valence-corrected chi connectivity index (χ4v) is 3.96. The van der Waals surface area contributed by atoms with Gasteiger partial charge in [-0.15, -0.1) is 0 Å². The molecule has 0 aromatic heterocycles. The standard InChI is InChI=1S/C20H27N3O4/c1-13-5-4-10-23(11-13)12-16-17(19(24)27-3)18(22-20(25)21-16)14-6-8-15(26-2)9-7-14/h6-9,13,18H,4-5,10-12H2,1-3H3,(H2,21,22,25)/p+1/t13-,18-/m0/s1. The molecular weight excluding hydrogens is 346 g/mol. The molecule has 3 atom stereocenters. The predicted octanol–water partition coefficient (Wildman–Crippen LogP) is 0.791. The highest BCUT2D eigenvalue weighted by Gasteiger charge is 2.35. The minimum atomic E-state index is -0.547. The van der Waals surface area contributed by atoms with E-state index in [4.69, 9.17) is 9.47 Å². The number of urea groups is 1. The highest BCUT2D eigenvalue weighted by molar-refractivity contribution is 5.95. The molecule has 0 saturated carbocycles. The molecule has 0 bridgehead atoms. The smallest absolute Gasteiger partial charge is 0.338 e. The number of carbonyl (C=O) groups is 2. The summed E-state index contributed by atoms with van der Waals surface area (Å²) in [5.41, 5.74) is 1.93. The Morgan fingerprint density at radius 1 is 1.26 bits per heavy atom. The summed E-state index contributed by atoms with van der Waals surface area (Å²) in [6.07, 6.45) is 2.39. The van der Waals surface area contributed by atoms with Crippen molar-refractivity contribution < 1.29 is 24.0 Å². The molecule has 0 spiro atoms. The normalized spacial score (nSPS) is 25.4. The zero-order valence-electron chi connectivity index (χ0n) is 16.1. The van der Waals surface area contributed by atoms with Crippen LogP contribution in [0.5, 0.6) is 5.75 Å². The Bertz CT molecular complexity index is 729. The third-order valence-electron chi connectivity index (χ3n) is 5.30. The van der Waals surface area contributed by atoms with E-state index in [1.165, 1.54) is 18.4 Å². The number of nitrogens with one attached hydrogen (secondary N) is 3. The van der Waals surface area contributed by atoms with Gasteiger partial charge in [-0.2, -0.15) is 0 Å². The Hall–Kier alpha value is -2.54. The van der Waals surface area contributed by atoms with Gasteiger partial charge < -0.3 is 25.0 Å². The van der Waals surface area contributed by atoms with Crippen LogP contribution >= 0.6 is 0 Å². The van der Waals surface area contributed by atoms with Crippen molar-refractivity contribution in [3.05, 3.63) is 41.1 Å². The van der Waals surface area contributed by atoms with E-state index in [2.05, 4.69) is 17.6 Å². The van der Waals surface area contributed by atoms with Gasteiger partial charge in [-0.1, -0.05) is 19.1 Å². The summed E-state index contributed by atoms with van der Waals surface area (Å²) in [6, 6.07) is 6.49. The number of likely N-dealkylation sites (tertiary alicyclic amines) is 1. The molecule has 2 heterocycles. The second-order valence-corrected chi connectivity index (χ2v) is 7.32. The highest BCUT2D eigenvalue weighted by atomic mass is 16.5. The van der Waals surface area contributed by atoms with Gasteiger partial charge in [0.05, 0.1) is 44.6 Å². The third kappa shape index (κ3) is 4.42. The first-order chi connectivity index (χ1) is 13.0. The van der Waals surface area contributed by atoms with Crippen LogP contribution in [0.4, 0.5) is 4.79 Å². The van der Waals surface area contributed by atoms with E-state index in [9.17, 15) is 9.59 Å². The molecular formula is C20H28N3O4+. The Kier molecular flexibility index (Phi) is 6.01. The number of hydrogen-bond donors (Lipinski definition) is 3. The van der Waals surface area contributed by atoms with Crippen LogP contribution in [0.15, 0.2) is 35.5 Å². The summed E-state index contributed by atoms with van der Waals surface area (Å²) in [5.74, 6) is 0.933. The van der Waals surface area contributed by atoms with E-state index >= 15 is 0 Å². The predicted molar refractivity (Wildman–Crippen MR) is 100 cm³/mol. The van der Waals surface area contributed by atoms with Gasteiger partial charge in [0, 0.05) is 5.92 Å². The van der Waals surface area contributed by atoms with Crippen LogP contribution in [-0.4, -0.2) is 45.9 Å². The molecule has 2 aliphatic rings. The number of hydrogen-bond acceptors (Lipinski definition) is 4. The number of methoxy groups -OCH3 is 2. The van der Waals surface area contributed by atoms with Gasteiger partial charge in [0.15, 0.2) is 0 Å². The molecule has 1 saturated heterocycles. The average Bonchev–Trinajstić information content (AvgIpc) is 2.67. The second-order valence-electron chi connectivity index (χ2n) is 7.32. The van der Waals surface area contributed by atoms with Crippen LogP contribution in [0.3, 0.4) is 0 Å². The zero-order valence-corrected chi connectivity index (χ0v) is 16.1. The second kappa shape index (κ2) is 8.43. The van der Waals surface area contributed by atoms with E-state index in [-0.39, 0.29) is 6.03 Å². The fraction of sp³-hybridized carbons (Fsp3) is 0.500. The van der Waals surface area contributed by atoms with Crippen molar-refractivity contribution >= 4 is 12.0 Å². The molecule has 146 valence electrons. The van der Waals surface area contributed by atoms with E-state index in [0.29, 0.717) is 23.7 Å². The van der Waals surface area contributed by atoms with E-state index in [1.54, 1.807) is 7.11 Å². The first-order valence-corrected chi connectivity index (χ1v) is 9.38. The zero-order chi connectivity index (χ0) is 19.4. The molecule has 0 aliphatic carbocycles. The maximum atomic E-state index is 12.6.